The first-order valence-corrected chi connectivity index (χ1v) is 7.10. The predicted molar refractivity (Wildman–Crippen MR) is 86.3 cm³/mol. The summed E-state index contributed by atoms with van der Waals surface area (Å²) in [7, 11) is 5.06. The Morgan fingerprint density at radius 1 is 1.14 bits per heavy atom. The van der Waals surface area contributed by atoms with Crippen molar-refractivity contribution in [2.45, 2.75) is 6.61 Å². The molecule has 0 bridgehead atoms. The van der Waals surface area contributed by atoms with E-state index < -0.39 is 0 Å². The SMILES string of the molecule is CNc1cc(Nc2ccc(OC)c(Br)c2)nc(COC)n1. The van der Waals surface area contributed by atoms with E-state index in [0.717, 1.165) is 21.7 Å². The number of halogens is 1. The van der Waals surface area contributed by atoms with Crippen LogP contribution in [0.2, 0.25) is 0 Å². The topological polar surface area (TPSA) is 68.3 Å². The summed E-state index contributed by atoms with van der Waals surface area (Å²) in [6, 6.07) is 7.55. The standard InChI is InChI=1S/C14H17BrN4O2/c1-16-12-7-13(19-14(18-12)8-20-2)17-9-4-5-11(21-3)10(15)6-9/h4-7H,8H2,1-3H3,(H2,16,17,18,19). The molecule has 0 fully saturated rings. The quantitative estimate of drug-likeness (QED) is 0.832. The number of hydrogen-bond donors (Lipinski definition) is 2. The average Bonchev–Trinajstić information content (AvgIpc) is 2.47. The third-order valence-electron chi connectivity index (χ3n) is 2.73. The van der Waals surface area contributed by atoms with Crippen LogP contribution in [0.25, 0.3) is 0 Å². The third-order valence-corrected chi connectivity index (χ3v) is 3.35. The number of anilines is 3. The Hall–Kier alpha value is -1.86. The highest BCUT2D eigenvalue weighted by Gasteiger charge is 2.06. The zero-order valence-corrected chi connectivity index (χ0v) is 13.7. The second-order valence-corrected chi connectivity index (χ2v) is 5.07. The van der Waals surface area contributed by atoms with Crippen molar-refractivity contribution in [3.8, 4) is 5.75 Å². The van der Waals surface area contributed by atoms with E-state index in [1.165, 1.54) is 0 Å². The lowest BCUT2D eigenvalue weighted by Crippen LogP contribution is -2.04. The number of methoxy groups -OCH3 is 2. The minimum absolute atomic E-state index is 0.358. The molecule has 1 aromatic heterocycles. The second-order valence-electron chi connectivity index (χ2n) is 4.21. The highest BCUT2D eigenvalue weighted by atomic mass is 79.9. The average molecular weight is 353 g/mol. The molecule has 1 heterocycles. The highest BCUT2D eigenvalue weighted by Crippen LogP contribution is 2.29. The van der Waals surface area contributed by atoms with E-state index in [0.29, 0.717) is 18.2 Å². The van der Waals surface area contributed by atoms with Gasteiger partial charge in [0.05, 0.1) is 11.6 Å². The third kappa shape index (κ3) is 4.05. The number of benzene rings is 1. The molecule has 2 rings (SSSR count). The summed E-state index contributed by atoms with van der Waals surface area (Å²) in [4.78, 5) is 8.72. The molecular formula is C14H17BrN4O2. The van der Waals surface area contributed by atoms with Gasteiger partial charge in [-0.15, -0.1) is 0 Å². The lowest BCUT2D eigenvalue weighted by molar-refractivity contribution is 0.178. The smallest absolute Gasteiger partial charge is 0.158 e. The van der Waals surface area contributed by atoms with Gasteiger partial charge in [0, 0.05) is 25.9 Å². The van der Waals surface area contributed by atoms with E-state index in [1.807, 2.05) is 31.3 Å². The van der Waals surface area contributed by atoms with Crippen molar-refractivity contribution in [3.05, 3.63) is 34.6 Å². The van der Waals surface area contributed by atoms with Gasteiger partial charge in [0.2, 0.25) is 0 Å². The molecule has 2 aromatic rings. The van der Waals surface area contributed by atoms with Gasteiger partial charge >= 0.3 is 0 Å². The van der Waals surface area contributed by atoms with Crippen LogP contribution in [-0.4, -0.2) is 31.2 Å². The Morgan fingerprint density at radius 3 is 2.52 bits per heavy atom. The van der Waals surface area contributed by atoms with Crippen LogP contribution in [0.3, 0.4) is 0 Å². The highest BCUT2D eigenvalue weighted by molar-refractivity contribution is 9.10. The monoisotopic (exact) mass is 352 g/mol. The van der Waals surface area contributed by atoms with Crippen LogP contribution in [0.5, 0.6) is 5.75 Å². The molecule has 0 atom stereocenters. The number of aromatic nitrogens is 2. The zero-order chi connectivity index (χ0) is 15.2. The lowest BCUT2D eigenvalue weighted by atomic mass is 10.3. The van der Waals surface area contributed by atoms with E-state index in [9.17, 15) is 0 Å². The fourth-order valence-corrected chi connectivity index (χ4v) is 2.32. The van der Waals surface area contributed by atoms with Crippen molar-refractivity contribution in [2.75, 3.05) is 31.9 Å². The normalized spacial score (nSPS) is 10.3. The lowest BCUT2D eigenvalue weighted by Gasteiger charge is -2.11. The molecule has 0 saturated heterocycles. The predicted octanol–water partition coefficient (Wildman–Crippen LogP) is 3.18. The van der Waals surface area contributed by atoms with Crippen molar-refractivity contribution in [1.82, 2.24) is 9.97 Å². The van der Waals surface area contributed by atoms with Gasteiger partial charge in [-0.3, -0.25) is 0 Å². The molecule has 0 aliphatic carbocycles. The van der Waals surface area contributed by atoms with Crippen molar-refractivity contribution >= 4 is 33.3 Å². The first-order valence-electron chi connectivity index (χ1n) is 6.31. The molecule has 2 N–H and O–H groups in total. The summed E-state index contributed by atoms with van der Waals surface area (Å²) in [6.45, 7) is 0.358. The molecule has 0 radical (unpaired) electrons. The molecule has 21 heavy (non-hydrogen) atoms. The van der Waals surface area contributed by atoms with Gasteiger partial charge in [-0.25, -0.2) is 9.97 Å². The number of nitrogens with zero attached hydrogens (tertiary/aromatic N) is 2. The van der Waals surface area contributed by atoms with Crippen LogP contribution in [0.15, 0.2) is 28.7 Å². The fraction of sp³-hybridized carbons (Fsp3) is 0.286. The minimum Gasteiger partial charge on any atom is -0.496 e. The summed E-state index contributed by atoms with van der Waals surface area (Å²) >= 11 is 3.46. The Bertz CT molecular complexity index is 622. The molecule has 112 valence electrons. The Kier molecular flexibility index (Phi) is 5.35. The summed E-state index contributed by atoms with van der Waals surface area (Å²) < 4.78 is 11.2. The van der Waals surface area contributed by atoms with Crippen LogP contribution < -0.4 is 15.4 Å². The number of nitrogens with one attached hydrogen (secondary N) is 2. The van der Waals surface area contributed by atoms with Crippen molar-refractivity contribution in [1.29, 1.82) is 0 Å². The molecule has 0 amide bonds. The summed E-state index contributed by atoms with van der Waals surface area (Å²) in [5, 5.41) is 6.24. The Labute approximate surface area is 132 Å². The van der Waals surface area contributed by atoms with Gasteiger partial charge in [0.1, 0.15) is 24.0 Å². The first-order chi connectivity index (χ1) is 10.2. The fourth-order valence-electron chi connectivity index (χ4n) is 1.77. The van der Waals surface area contributed by atoms with Crippen LogP contribution in [-0.2, 0) is 11.3 Å². The van der Waals surface area contributed by atoms with E-state index >= 15 is 0 Å². The molecular weight excluding hydrogens is 336 g/mol. The van der Waals surface area contributed by atoms with Gasteiger partial charge in [-0.1, -0.05) is 0 Å². The van der Waals surface area contributed by atoms with Gasteiger partial charge in [-0.2, -0.15) is 0 Å². The van der Waals surface area contributed by atoms with Gasteiger partial charge < -0.3 is 20.1 Å². The van der Waals surface area contributed by atoms with Crippen LogP contribution >= 0.6 is 15.9 Å². The largest absolute Gasteiger partial charge is 0.496 e. The summed E-state index contributed by atoms with van der Waals surface area (Å²) in [5.41, 5.74) is 0.895. The van der Waals surface area contributed by atoms with Crippen molar-refractivity contribution in [3.63, 3.8) is 0 Å². The number of rotatable bonds is 6. The molecule has 0 saturated carbocycles. The molecule has 1 aromatic carbocycles. The first kappa shape index (κ1) is 15.5. The Balaban J connectivity index is 2.25. The van der Waals surface area contributed by atoms with Crippen LogP contribution in [0.1, 0.15) is 5.82 Å². The van der Waals surface area contributed by atoms with Crippen LogP contribution in [0.4, 0.5) is 17.3 Å². The number of ether oxygens (including phenoxy) is 2. The van der Waals surface area contributed by atoms with Gasteiger partial charge in [0.25, 0.3) is 0 Å². The number of hydrogen-bond acceptors (Lipinski definition) is 6. The second kappa shape index (κ2) is 7.24. The van der Waals surface area contributed by atoms with Crippen LogP contribution in [0, 0.1) is 0 Å². The van der Waals surface area contributed by atoms with E-state index in [-0.39, 0.29) is 0 Å². The van der Waals surface area contributed by atoms with Gasteiger partial charge in [0.15, 0.2) is 5.82 Å². The summed E-state index contributed by atoms with van der Waals surface area (Å²) in [5.74, 6) is 2.81. The minimum atomic E-state index is 0.358. The van der Waals surface area contributed by atoms with E-state index in [1.54, 1.807) is 14.2 Å². The molecule has 0 aliphatic rings. The van der Waals surface area contributed by atoms with E-state index in [4.69, 9.17) is 9.47 Å². The maximum atomic E-state index is 5.21. The molecule has 0 spiro atoms. The van der Waals surface area contributed by atoms with E-state index in [2.05, 4.69) is 36.5 Å². The Morgan fingerprint density at radius 2 is 1.90 bits per heavy atom. The maximum absolute atomic E-state index is 5.21. The van der Waals surface area contributed by atoms with Gasteiger partial charge in [-0.05, 0) is 34.1 Å². The maximum Gasteiger partial charge on any atom is 0.158 e. The molecule has 0 unspecified atom stereocenters. The molecule has 7 heteroatoms. The molecule has 6 nitrogen and oxygen atoms in total. The summed E-state index contributed by atoms with van der Waals surface area (Å²) in [6.07, 6.45) is 0. The zero-order valence-electron chi connectivity index (χ0n) is 12.1. The van der Waals surface area contributed by atoms with Crippen molar-refractivity contribution in [2.24, 2.45) is 0 Å². The van der Waals surface area contributed by atoms with Crippen molar-refractivity contribution < 1.29 is 9.47 Å². The molecule has 0 aliphatic heterocycles.